The fourth-order valence-electron chi connectivity index (χ4n) is 1.13. The van der Waals surface area contributed by atoms with Crippen LogP contribution in [0.5, 0.6) is 0 Å². The molecule has 1 rings (SSSR count). The van der Waals surface area contributed by atoms with E-state index in [1.165, 1.54) is 4.31 Å². The maximum absolute atomic E-state index is 11.4. The predicted molar refractivity (Wildman–Crippen MR) is 56.1 cm³/mol. The zero-order valence-electron chi connectivity index (χ0n) is 7.99. The first-order valence-electron chi connectivity index (χ1n) is 4.30. The van der Waals surface area contributed by atoms with Gasteiger partial charge >= 0.3 is 0 Å². The highest BCUT2D eigenvalue weighted by molar-refractivity contribution is 7.99. The van der Waals surface area contributed by atoms with Crippen LogP contribution in [0.2, 0.25) is 0 Å². The molecule has 1 aliphatic rings. The van der Waals surface area contributed by atoms with Gasteiger partial charge in [-0.05, 0) is 24.3 Å². The van der Waals surface area contributed by atoms with Gasteiger partial charge < -0.3 is 0 Å². The summed E-state index contributed by atoms with van der Waals surface area (Å²) in [5.74, 6) is 2.11. The highest BCUT2D eigenvalue weighted by Crippen LogP contribution is 2.17. The third kappa shape index (κ3) is 3.46. The van der Waals surface area contributed by atoms with Crippen molar-refractivity contribution < 1.29 is 8.42 Å². The van der Waals surface area contributed by atoms with Crippen LogP contribution in [0.1, 0.15) is 12.8 Å². The standard InChI is InChI=1S/C7H16N2O2S2/c1-9(2)13(10,11)8-7-3-5-12-6-4-7/h7-8H,3-6H2,1-2H3. The van der Waals surface area contributed by atoms with Crippen molar-refractivity contribution in [2.24, 2.45) is 0 Å². The zero-order valence-corrected chi connectivity index (χ0v) is 9.62. The number of hydrogen-bond donors (Lipinski definition) is 1. The van der Waals surface area contributed by atoms with Gasteiger partial charge in [0.1, 0.15) is 0 Å². The summed E-state index contributed by atoms with van der Waals surface area (Å²) in [6.45, 7) is 0. The Kier molecular flexibility index (Phi) is 4.03. The minimum Gasteiger partial charge on any atom is -0.199 e. The van der Waals surface area contributed by atoms with Gasteiger partial charge in [0.25, 0.3) is 10.2 Å². The molecule has 1 aliphatic heterocycles. The van der Waals surface area contributed by atoms with E-state index in [9.17, 15) is 8.42 Å². The smallest absolute Gasteiger partial charge is 0.199 e. The molecule has 0 spiro atoms. The second kappa shape index (κ2) is 4.63. The van der Waals surface area contributed by atoms with Gasteiger partial charge in [-0.3, -0.25) is 0 Å². The van der Waals surface area contributed by atoms with Gasteiger partial charge in [0.05, 0.1) is 0 Å². The monoisotopic (exact) mass is 224 g/mol. The van der Waals surface area contributed by atoms with Crippen molar-refractivity contribution in [3.05, 3.63) is 0 Å². The quantitative estimate of drug-likeness (QED) is 0.749. The van der Waals surface area contributed by atoms with Crippen molar-refractivity contribution in [2.75, 3.05) is 25.6 Å². The highest BCUT2D eigenvalue weighted by Gasteiger charge is 2.21. The van der Waals surface area contributed by atoms with Crippen LogP contribution in [0.25, 0.3) is 0 Å². The third-order valence-corrected chi connectivity index (χ3v) is 4.66. The van der Waals surface area contributed by atoms with Crippen molar-refractivity contribution >= 4 is 22.0 Å². The summed E-state index contributed by atoms with van der Waals surface area (Å²) >= 11 is 1.88. The van der Waals surface area contributed by atoms with Gasteiger partial charge in [-0.25, -0.2) is 0 Å². The SMILES string of the molecule is CN(C)S(=O)(=O)NC1CCSCC1. The molecule has 0 amide bonds. The Morgan fingerprint density at radius 1 is 1.31 bits per heavy atom. The van der Waals surface area contributed by atoms with Gasteiger partial charge in [0, 0.05) is 20.1 Å². The van der Waals surface area contributed by atoms with E-state index in [0.29, 0.717) is 0 Å². The molecule has 1 fully saturated rings. The van der Waals surface area contributed by atoms with Crippen LogP contribution in [0.3, 0.4) is 0 Å². The topological polar surface area (TPSA) is 49.4 Å². The summed E-state index contributed by atoms with van der Waals surface area (Å²) in [5, 5.41) is 0. The molecule has 1 heterocycles. The van der Waals surface area contributed by atoms with Crippen LogP contribution in [0, 0.1) is 0 Å². The molecular formula is C7H16N2O2S2. The first kappa shape index (κ1) is 11.3. The summed E-state index contributed by atoms with van der Waals surface area (Å²) in [7, 11) is -0.141. The predicted octanol–water partition coefficient (Wildman–Crippen LogP) is 0.278. The third-order valence-electron chi connectivity index (χ3n) is 2.02. The minimum atomic E-state index is -3.22. The Morgan fingerprint density at radius 2 is 1.85 bits per heavy atom. The molecule has 0 aromatic carbocycles. The Morgan fingerprint density at radius 3 is 2.31 bits per heavy atom. The molecule has 0 atom stereocenters. The number of thioether (sulfide) groups is 1. The first-order valence-corrected chi connectivity index (χ1v) is 6.89. The molecule has 78 valence electrons. The Hall–Kier alpha value is 0.220. The molecule has 0 bridgehead atoms. The van der Waals surface area contributed by atoms with Crippen molar-refractivity contribution in [2.45, 2.75) is 18.9 Å². The van der Waals surface area contributed by atoms with E-state index in [4.69, 9.17) is 0 Å². The summed E-state index contributed by atoms with van der Waals surface area (Å²) in [4.78, 5) is 0. The van der Waals surface area contributed by atoms with E-state index in [2.05, 4.69) is 4.72 Å². The molecule has 0 saturated carbocycles. The molecule has 1 N–H and O–H groups in total. The molecule has 0 aliphatic carbocycles. The lowest BCUT2D eigenvalue weighted by atomic mass is 10.2. The summed E-state index contributed by atoms with van der Waals surface area (Å²) in [6, 6.07) is 0.133. The van der Waals surface area contributed by atoms with Crippen molar-refractivity contribution in [3.63, 3.8) is 0 Å². The largest absolute Gasteiger partial charge is 0.279 e. The lowest BCUT2D eigenvalue weighted by molar-refractivity contribution is 0.475. The molecule has 0 radical (unpaired) electrons. The Labute approximate surface area is 84.3 Å². The highest BCUT2D eigenvalue weighted by atomic mass is 32.2. The molecule has 6 heteroatoms. The van der Waals surface area contributed by atoms with Crippen LogP contribution in [-0.4, -0.2) is 44.4 Å². The van der Waals surface area contributed by atoms with Crippen LogP contribution in [0.4, 0.5) is 0 Å². The van der Waals surface area contributed by atoms with Crippen LogP contribution >= 0.6 is 11.8 Å². The van der Waals surface area contributed by atoms with Gasteiger partial charge in [0.2, 0.25) is 0 Å². The Balaban J connectivity index is 2.47. The van der Waals surface area contributed by atoms with Crippen molar-refractivity contribution in [1.82, 2.24) is 9.03 Å². The van der Waals surface area contributed by atoms with E-state index in [-0.39, 0.29) is 6.04 Å². The zero-order chi connectivity index (χ0) is 9.90. The first-order chi connectivity index (χ1) is 6.02. The fourth-order valence-corrected chi connectivity index (χ4v) is 3.11. The van der Waals surface area contributed by atoms with Gasteiger partial charge in [-0.15, -0.1) is 0 Å². The molecule has 0 aromatic heterocycles. The maximum atomic E-state index is 11.4. The number of nitrogens with one attached hydrogen (secondary N) is 1. The summed E-state index contributed by atoms with van der Waals surface area (Å²) in [5.41, 5.74) is 0. The van der Waals surface area contributed by atoms with Gasteiger partial charge in [0.15, 0.2) is 0 Å². The lowest BCUT2D eigenvalue weighted by Crippen LogP contribution is -2.43. The van der Waals surface area contributed by atoms with Crippen molar-refractivity contribution in [1.29, 1.82) is 0 Å². The second-order valence-electron chi connectivity index (χ2n) is 3.29. The number of hydrogen-bond acceptors (Lipinski definition) is 3. The van der Waals surface area contributed by atoms with Crippen LogP contribution in [0.15, 0.2) is 0 Å². The average molecular weight is 224 g/mol. The maximum Gasteiger partial charge on any atom is 0.279 e. The van der Waals surface area contributed by atoms with E-state index in [1.54, 1.807) is 14.1 Å². The normalized spacial score (nSPS) is 20.8. The average Bonchev–Trinajstić information content (AvgIpc) is 2.05. The van der Waals surface area contributed by atoms with E-state index in [1.807, 2.05) is 11.8 Å². The molecule has 0 aromatic rings. The number of rotatable bonds is 3. The van der Waals surface area contributed by atoms with Crippen LogP contribution in [-0.2, 0) is 10.2 Å². The van der Waals surface area contributed by atoms with Crippen molar-refractivity contribution in [3.8, 4) is 0 Å². The van der Waals surface area contributed by atoms with E-state index < -0.39 is 10.2 Å². The molecule has 1 saturated heterocycles. The molecule has 13 heavy (non-hydrogen) atoms. The molecular weight excluding hydrogens is 208 g/mol. The minimum absolute atomic E-state index is 0.133. The summed E-state index contributed by atoms with van der Waals surface area (Å²) in [6.07, 6.45) is 1.88. The second-order valence-corrected chi connectivity index (χ2v) is 6.43. The molecule has 4 nitrogen and oxygen atoms in total. The fraction of sp³-hybridized carbons (Fsp3) is 1.00. The number of nitrogens with zero attached hydrogens (tertiary/aromatic N) is 1. The van der Waals surface area contributed by atoms with Gasteiger partial charge in [-0.1, -0.05) is 0 Å². The summed E-state index contributed by atoms with van der Waals surface area (Å²) < 4.78 is 26.7. The molecule has 0 unspecified atom stereocenters. The van der Waals surface area contributed by atoms with Gasteiger partial charge in [-0.2, -0.15) is 29.2 Å². The lowest BCUT2D eigenvalue weighted by Gasteiger charge is -2.24. The van der Waals surface area contributed by atoms with E-state index >= 15 is 0 Å². The Bertz CT molecular complexity index is 245. The van der Waals surface area contributed by atoms with Crippen LogP contribution < -0.4 is 4.72 Å². The van der Waals surface area contributed by atoms with E-state index in [0.717, 1.165) is 24.3 Å².